The Labute approximate surface area is 173 Å². The van der Waals surface area contributed by atoms with Gasteiger partial charge < -0.3 is 4.74 Å². The fourth-order valence-electron chi connectivity index (χ4n) is 3.27. The van der Waals surface area contributed by atoms with E-state index in [1.54, 1.807) is 11.3 Å². The summed E-state index contributed by atoms with van der Waals surface area (Å²) in [5.74, 6) is 1.31. The summed E-state index contributed by atoms with van der Waals surface area (Å²) in [6, 6.07) is 9.93. The first kappa shape index (κ1) is 19.4. The summed E-state index contributed by atoms with van der Waals surface area (Å²) in [6.07, 6.45) is 2.33. The second kappa shape index (κ2) is 8.59. The van der Waals surface area contributed by atoms with Crippen LogP contribution in [0.2, 0.25) is 0 Å². The van der Waals surface area contributed by atoms with Crippen molar-refractivity contribution < 1.29 is 9.53 Å². The van der Waals surface area contributed by atoms with Crippen molar-refractivity contribution in [1.82, 2.24) is 14.8 Å². The van der Waals surface area contributed by atoms with E-state index >= 15 is 0 Å². The molecule has 0 N–H and O–H groups in total. The van der Waals surface area contributed by atoms with Gasteiger partial charge in [0.1, 0.15) is 0 Å². The SMILES string of the molecule is Cc1ccc(C(=O)CSc2nnc(-c3cccs3)n2CC2CCCO2)cc1C. The zero-order valence-electron chi connectivity index (χ0n) is 16.1. The number of thioether (sulfide) groups is 1. The van der Waals surface area contributed by atoms with Crippen molar-refractivity contribution in [3.8, 4) is 10.7 Å². The molecule has 0 bridgehead atoms. The predicted octanol–water partition coefficient (Wildman–Crippen LogP) is 4.78. The second-order valence-electron chi connectivity index (χ2n) is 7.04. The van der Waals surface area contributed by atoms with Crippen molar-refractivity contribution in [2.45, 2.75) is 44.5 Å². The Morgan fingerprint density at radius 1 is 1.29 bits per heavy atom. The molecule has 0 saturated carbocycles. The Kier molecular flexibility index (Phi) is 5.94. The van der Waals surface area contributed by atoms with Crippen LogP contribution in [0.5, 0.6) is 0 Å². The van der Waals surface area contributed by atoms with Gasteiger partial charge in [-0.1, -0.05) is 30.0 Å². The zero-order valence-corrected chi connectivity index (χ0v) is 17.7. The summed E-state index contributed by atoms with van der Waals surface area (Å²) < 4.78 is 7.93. The molecule has 7 heteroatoms. The van der Waals surface area contributed by atoms with Crippen LogP contribution >= 0.6 is 23.1 Å². The van der Waals surface area contributed by atoms with Crippen LogP contribution in [0.4, 0.5) is 0 Å². The highest BCUT2D eigenvalue weighted by molar-refractivity contribution is 7.99. The lowest BCUT2D eigenvalue weighted by Gasteiger charge is -2.14. The molecule has 1 aromatic carbocycles. The molecule has 28 heavy (non-hydrogen) atoms. The highest BCUT2D eigenvalue weighted by Crippen LogP contribution is 2.29. The van der Waals surface area contributed by atoms with Gasteiger partial charge in [0.25, 0.3) is 0 Å². The molecule has 3 heterocycles. The third kappa shape index (κ3) is 4.21. The molecule has 1 aliphatic heterocycles. The van der Waals surface area contributed by atoms with Gasteiger partial charge in [0.2, 0.25) is 0 Å². The van der Waals surface area contributed by atoms with Gasteiger partial charge in [-0.15, -0.1) is 21.5 Å². The third-order valence-corrected chi connectivity index (χ3v) is 6.86. The van der Waals surface area contributed by atoms with Crippen LogP contribution < -0.4 is 0 Å². The van der Waals surface area contributed by atoms with Gasteiger partial charge in [-0.2, -0.15) is 0 Å². The molecule has 1 aliphatic rings. The number of ether oxygens (including phenoxy) is 1. The number of nitrogens with zero attached hydrogens (tertiary/aromatic N) is 3. The number of ketones is 1. The molecular formula is C21H23N3O2S2. The average Bonchev–Trinajstić information content (AvgIpc) is 3.44. The first-order chi connectivity index (χ1) is 13.6. The number of aromatic nitrogens is 3. The summed E-state index contributed by atoms with van der Waals surface area (Å²) in [6.45, 7) is 5.62. The number of rotatable bonds is 7. The first-order valence-electron chi connectivity index (χ1n) is 9.44. The number of hydrogen-bond acceptors (Lipinski definition) is 6. The minimum atomic E-state index is 0.109. The van der Waals surface area contributed by atoms with E-state index in [0.717, 1.165) is 53.0 Å². The molecule has 4 rings (SSSR count). The lowest BCUT2D eigenvalue weighted by atomic mass is 10.0. The maximum Gasteiger partial charge on any atom is 0.192 e. The topological polar surface area (TPSA) is 57.0 Å². The Bertz CT molecular complexity index is 960. The Morgan fingerprint density at radius 3 is 2.89 bits per heavy atom. The number of carbonyl (C=O) groups is 1. The highest BCUT2D eigenvalue weighted by atomic mass is 32.2. The van der Waals surface area contributed by atoms with E-state index in [2.05, 4.69) is 27.8 Å². The van der Waals surface area contributed by atoms with E-state index in [4.69, 9.17) is 4.74 Å². The summed E-state index contributed by atoms with van der Waals surface area (Å²) in [4.78, 5) is 13.8. The average molecular weight is 414 g/mol. The molecule has 5 nitrogen and oxygen atoms in total. The molecule has 2 aromatic heterocycles. The van der Waals surface area contributed by atoms with Gasteiger partial charge in [0.05, 0.1) is 23.3 Å². The molecule has 0 radical (unpaired) electrons. The fourth-order valence-corrected chi connectivity index (χ4v) is 4.83. The van der Waals surface area contributed by atoms with Crippen molar-refractivity contribution in [1.29, 1.82) is 0 Å². The standard InChI is InChI=1S/C21H23N3O2S2/c1-14-7-8-16(11-15(14)2)18(25)13-28-21-23-22-20(19-6-4-10-27-19)24(21)12-17-5-3-9-26-17/h4,6-8,10-11,17H,3,5,9,12-13H2,1-2H3. The van der Waals surface area contributed by atoms with Gasteiger partial charge in [-0.25, -0.2) is 0 Å². The maximum absolute atomic E-state index is 12.7. The largest absolute Gasteiger partial charge is 0.376 e. The van der Waals surface area contributed by atoms with Crippen LogP contribution in [-0.2, 0) is 11.3 Å². The fraction of sp³-hybridized carbons (Fsp3) is 0.381. The summed E-state index contributed by atoms with van der Waals surface area (Å²) in [5.41, 5.74) is 3.08. The predicted molar refractivity (Wildman–Crippen MR) is 113 cm³/mol. The smallest absolute Gasteiger partial charge is 0.192 e. The number of hydrogen-bond donors (Lipinski definition) is 0. The highest BCUT2D eigenvalue weighted by Gasteiger charge is 2.22. The van der Waals surface area contributed by atoms with Crippen molar-refractivity contribution in [3.05, 3.63) is 52.4 Å². The first-order valence-corrected chi connectivity index (χ1v) is 11.3. The minimum Gasteiger partial charge on any atom is -0.376 e. The number of aryl methyl sites for hydroxylation is 2. The van der Waals surface area contributed by atoms with Crippen LogP contribution in [-0.4, -0.2) is 39.0 Å². The summed E-state index contributed by atoms with van der Waals surface area (Å²) in [5, 5.41) is 11.6. The summed E-state index contributed by atoms with van der Waals surface area (Å²) >= 11 is 3.10. The van der Waals surface area contributed by atoms with Crippen LogP contribution in [0.1, 0.15) is 34.3 Å². The number of thiophene rings is 1. The Balaban J connectivity index is 1.53. The van der Waals surface area contributed by atoms with E-state index < -0.39 is 0 Å². The molecule has 146 valence electrons. The minimum absolute atomic E-state index is 0.109. The second-order valence-corrected chi connectivity index (χ2v) is 8.93. The lowest BCUT2D eigenvalue weighted by Crippen LogP contribution is -2.17. The van der Waals surface area contributed by atoms with Crippen LogP contribution in [0.25, 0.3) is 10.7 Å². The third-order valence-electron chi connectivity index (χ3n) is 5.03. The van der Waals surface area contributed by atoms with Crippen molar-refractivity contribution >= 4 is 28.9 Å². The van der Waals surface area contributed by atoms with Gasteiger partial charge >= 0.3 is 0 Å². The van der Waals surface area contributed by atoms with E-state index in [1.165, 1.54) is 17.3 Å². The van der Waals surface area contributed by atoms with Crippen molar-refractivity contribution in [2.75, 3.05) is 12.4 Å². The van der Waals surface area contributed by atoms with Crippen LogP contribution in [0, 0.1) is 13.8 Å². The molecule has 0 amide bonds. The van der Waals surface area contributed by atoms with E-state index in [9.17, 15) is 4.79 Å². The number of benzene rings is 1. The van der Waals surface area contributed by atoms with Gasteiger partial charge in [-0.05, 0) is 55.3 Å². The number of carbonyl (C=O) groups excluding carboxylic acids is 1. The quantitative estimate of drug-likeness (QED) is 0.412. The van der Waals surface area contributed by atoms with Crippen molar-refractivity contribution in [2.24, 2.45) is 0 Å². The molecule has 3 aromatic rings. The summed E-state index contributed by atoms with van der Waals surface area (Å²) in [7, 11) is 0. The van der Waals surface area contributed by atoms with E-state index in [-0.39, 0.29) is 11.9 Å². The molecule has 0 aliphatic carbocycles. The Morgan fingerprint density at radius 2 is 2.18 bits per heavy atom. The van der Waals surface area contributed by atoms with E-state index in [1.807, 2.05) is 36.6 Å². The van der Waals surface area contributed by atoms with Crippen molar-refractivity contribution in [3.63, 3.8) is 0 Å². The Hall–Kier alpha value is -1.96. The normalized spacial score (nSPS) is 16.6. The molecule has 1 fully saturated rings. The molecule has 1 unspecified atom stereocenters. The van der Waals surface area contributed by atoms with Gasteiger partial charge in [0, 0.05) is 12.2 Å². The van der Waals surface area contributed by atoms with Gasteiger partial charge in [-0.3, -0.25) is 9.36 Å². The monoisotopic (exact) mass is 413 g/mol. The lowest BCUT2D eigenvalue weighted by molar-refractivity contribution is 0.0953. The zero-order chi connectivity index (χ0) is 19.5. The number of Topliss-reactive ketones (excluding diaryl/α,β-unsaturated/α-hetero) is 1. The maximum atomic E-state index is 12.7. The molecule has 1 atom stereocenters. The van der Waals surface area contributed by atoms with Crippen LogP contribution in [0.3, 0.4) is 0 Å². The van der Waals surface area contributed by atoms with Crippen LogP contribution in [0.15, 0.2) is 40.9 Å². The molecule has 0 spiro atoms. The van der Waals surface area contributed by atoms with E-state index in [0.29, 0.717) is 5.75 Å². The molecule has 1 saturated heterocycles. The molecular weight excluding hydrogens is 390 g/mol. The van der Waals surface area contributed by atoms with Gasteiger partial charge in [0.15, 0.2) is 16.8 Å².